The molecular weight excluding hydrogens is 394 g/mol. The van der Waals surface area contributed by atoms with Crippen molar-refractivity contribution in [2.24, 2.45) is 14.1 Å². The van der Waals surface area contributed by atoms with E-state index in [1.54, 1.807) is 37.4 Å². The first-order valence-electron chi connectivity index (χ1n) is 10.0. The van der Waals surface area contributed by atoms with Gasteiger partial charge in [-0.1, -0.05) is 29.8 Å². The molecule has 2 heterocycles. The van der Waals surface area contributed by atoms with E-state index in [-0.39, 0.29) is 5.69 Å². The number of H-pyrrole nitrogens is 1. The summed E-state index contributed by atoms with van der Waals surface area (Å²) < 4.78 is 13.9. The van der Waals surface area contributed by atoms with Gasteiger partial charge in [0.15, 0.2) is 12.1 Å². The van der Waals surface area contributed by atoms with Crippen LogP contribution in [0, 0.1) is 6.92 Å². The lowest BCUT2D eigenvalue weighted by Crippen LogP contribution is -2.23. The Morgan fingerprint density at radius 2 is 1.77 bits per heavy atom. The second-order valence-corrected chi connectivity index (χ2v) is 7.58. The summed E-state index contributed by atoms with van der Waals surface area (Å²) in [6.07, 6.45) is -0.399. The van der Waals surface area contributed by atoms with Crippen molar-refractivity contribution in [2.45, 2.75) is 13.2 Å². The Bertz CT molecular complexity index is 1280. The maximum atomic E-state index is 12.4. The largest absolute Gasteiger partial charge is 0.363 e. The van der Waals surface area contributed by atoms with Crippen LogP contribution in [0.2, 0.25) is 0 Å². The van der Waals surface area contributed by atoms with Crippen molar-refractivity contribution in [3.63, 3.8) is 0 Å². The summed E-state index contributed by atoms with van der Waals surface area (Å²) in [6.45, 7) is 2.50. The Labute approximate surface area is 180 Å². The van der Waals surface area contributed by atoms with Gasteiger partial charge in [0, 0.05) is 33.9 Å². The van der Waals surface area contributed by atoms with Crippen molar-refractivity contribution >= 4 is 16.9 Å². The lowest BCUT2D eigenvalue weighted by Gasteiger charge is -2.15. The number of imidazole rings is 1. The molecule has 0 radical (unpaired) electrons. The predicted octanol–water partition coefficient (Wildman–Crippen LogP) is 3.27. The molecule has 8 nitrogen and oxygen atoms in total. The molecule has 4 aromatic rings. The molecule has 4 rings (SSSR count). The van der Waals surface area contributed by atoms with Crippen LogP contribution < -0.4 is 11.0 Å². The minimum absolute atomic E-state index is 0.0559. The highest BCUT2D eigenvalue weighted by Gasteiger charge is 2.19. The van der Waals surface area contributed by atoms with Crippen molar-refractivity contribution in [2.75, 3.05) is 26.1 Å². The Morgan fingerprint density at radius 1 is 1.03 bits per heavy atom. The third kappa shape index (κ3) is 3.75. The average molecular weight is 422 g/mol. The smallest absolute Gasteiger partial charge is 0.328 e. The van der Waals surface area contributed by atoms with Crippen LogP contribution in [0.3, 0.4) is 0 Å². The Morgan fingerprint density at radius 3 is 2.48 bits per heavy atom. The van der Waals surface area contributed by atoms with Crippen LogP contribution in [0.25, 0.3) is 33.4 Å². The number of hydrogen-bond donors (Lipinski definition) is 2. The molecule has 0 aliphatic heterocycles. The van der Waals surface area contributed by atoms with E-state index in [1.165, 1.54) is 0 Å². The van der Waals surface area contributed by atoms with Crippen LogP contribution in [0.1, 0.15) is 5.56 Å². The number of nitrogens with one attached hydrogen (secondary N) is 2. The third-order valence-electron chi connectivity index (χ3n) is 5.60. The molecule has 0 aliphatic rings. The first-order chi connectivity index (χ1) is 14.9. The number of aryl methyl sites for hydroxylation is 3. The van der Waals surface area contributed by atoms with E-state index in [2.05, 4.69) is 40.6 Å². The predicted molar refractivity (Wildman–Crippen MR) is 122 cm³/mol. The van der Waals surface area contributed by atoms with E-state index < -0.39 is 6.29 Å². The van der Waals surface area contributed by atoms with E-state index in [9.17, 15) is 4.79 Å². The number of benzene rings is 2. The molecule has 2 N–H and O–H groups in total. The zero-order chi connectivity index (χ0) is 22.1. The Balaban J connectivity index is 1.87. The van der Waals surface area contributed by atoms with Gasteiger partial charge in [0.1, 0.15) is 0 Å². The minimum Gasteiger partial charge on any atom is -0.363 e. The van der Waals surface area contributed by atoms with Gasteiger partial charge in [-0.3, -0.25) is 14.2 Å². The molecule has 0 unspecified atom stereocenters. The molecule has 2 aromatic heterocycles. The number of rotatable bonds is 7. The number of anilines is 1. The van der Waals surface area contributed by atoms with Gasteiger partial charge >= 0.3 is 5.69 Å². The molecule has 0 saturated heterocycles. The maximum absolute atomic E-state index is 12.4. The minimum atomic E-state index is -0.399. The lowest BCUT2D eigenvalue weighted by molar-refractivity contribution is -0.0914. The van der Waals surface area contributed by atoms with Crippen LogP contribution >= 0.6 is 0 Å². The number of aromatic amines is 1. The second kappa shape index (κ2) is 8.41. The Kier molecular flexibility index (Phi) is 5.67. The van der Waals surface area contributed by atoms with Gasteiger partial charge in [-0.25, -0.2) is 4.79 Å². The zero-order valence-electron chi connectivity index (χ0n) is 18.4. The summed E-state index contributed by atoms with van der Waals surface area (Å²) in [4.78, 5) is 12.4. The van der Waals surface area contributed by atoms with Crippen molar-refractivity contribution in [3.8, 4) is 22.4 Å². The zero-order valence-corrected chi connectivity index (χ0v) is 18.4. The van der Waals surface area contributed by atoms with Crippen molar-refractivity contribution in [1.82, 2.24) is 19.3 Å². The van der Waals surface area contributed by atoms with E-state index in [1.807, 2.05) is 24.3 Å². The van der Waals surface area contributed by atoms with E-state index in [0.717, 1.165) is 39.0 Å². The summed E-state index contributed by atoms with van der Waals surface area (Å²) in [5.41, 5.74) is 6.66. The molecule has 0 spiro atoms. The van der Waals surface area contributed by atoms with Crippen molar-refractivity contribution < 1.29 is 9.47 Å². The van der Waals surface area contributed by atoms with E-state index >= 15 is 0 Å². The van der Waals surface area contributed by atoms with Gasteiger partial charge in [0.2, 0.25) is 0 Å². The van der Waals surface area contributed by atoms with Crippen LogP contribution in [0.4, 0.5) is 5.82 Å². The highest BCUT2D eigenvalue weighted by atomic mass is 16.7. The second-order valence-electron chi connectivity index (χ2n) is 7.58. The number of fused-ring (bicyclic) bond motifs is 1. The summed E-state index contributed by atoms with van der Waals surface area (Å²) in [6, 6.07) is 14.3. The standard InChI is InChI=1S/C23H27N5O3/c1-14-7-6-8-16(11-14)21-20(22(26-25-21)24-13-19(30-4)31-5)15-9-10-17-18(12-15)28(3)23(29)27(17)2/h6-12,19H,13H2,1-5H3,(H2,24,25,26). The van der Waals surface area contributed by atoms with Gasteiger partial charge in [0.05, 0.1) is 28.8 Å². The highest BCUT2D eigenvalue weighted by molar-refractivity contribution is 5.92. The maximum Gasteiger partial charge on any atom is 0.328 e. The molecule has 0 atom stereocenters. The first-order valence-corrected chi connectivity index (χ1v) is 10.0. The molecule has 0 bridgehead atoms. The number of methoxy groups -OCH3 is 2. The monoisotopic (exact) mass is 421 g/mol. The van der Waals surface area contributed by atoms with Gasteiger partial charge in [-0.2, -0.15) is 5.10 Å². The van der Waals surface area contributed by atoms with Gasteiger partial charge in [-0.15, -0.1) is 0 Å². The van der Waals surface area contributed by atoms with E-state index in [4.69, 9.17) is 9.47 Å². The quantitative estimate of drug-likeness (QED) is 0.447. The Hall–Kier alpha value is -3.36. The van der Waals surface area contributed by atoms with Crippen LogP contribution in [-0.4, -0.2) is 46.4 Å². The van der Waals surface area contributed by atoms with E-state index in [0.29, 0.717) is 12.4 Å². The van der Waals surface area contributed by atoms with Gasteiger partial charge < -0.3 is 14.8 Å². The van der Waals surface area contributed by atoms with Crippen LogP contribution in [-0.2, 0) is 23.6 Å². The van der Waals surface area contributed by atoms with Crippen molar-refractivity contribution in [1.29, 1.82) is 0 Å². The van der Waals surface area contributed by atoms with Gasteiger partial charge in [0.25, 0.3) is 0 Å². The number of hydrogen-bond acceptors (Lipinski definition) is 5. The number of ether oxygens (including phenoxy) is 2. The van der Waals surface area contributed by atoms with Crippen LogP contribution in [0.5, 0.6) is 0 Å². The highest BCUT2D eigenvalue weighted by Crippen LogP contribution is 2.37. The topological polar surface area (TPSA) is 86.1 Å². The first kappa shape index (κ1) is 20.9. The number of nitrogens with zero attached hydrogens (tertiary/aromatic N) is 3. The molecule has 2 aromatic carbocycles. The lowest BCUT2D eigenvalue weighted by atomic mass is 9.99. The molecule has 0 amide bonds. The molecular formula is C23H27N5O3. The SMILES string of the molecule is COC(CNc1n[nH]c(-c2cccc(C)c2)c1-c1ccc2c(c1)n(C)c(=O)n2C)OC. The van der Waals surface area contributed by atoms with Gasteiger partial charge in [-0.05, 0) is 30.7 Å². The summed E-state index contributed by atoms with van der Waals surface area (Å²) in [5, 5.41) is 11.1. The fourth-order valence-corrected chi connectivity index (χ4v) is 3.87. The fraction of sp³-hybridized carbons (Fsp3) is 0.304. The molecule has 162 valence electrons. The van der Waals surface area contributed by atoms with Crippen LogP contribution in [0.15, 0.2) is 47.3 Å². The average Bonchev–Trinajstić information content (AvgIpc) is 3.30. The number of aromatic nitrogens is 4. The molecule has 0 aliphatic carbocycles. The normalized spacial score (nSPS) is 11.5. The molecule has 0 fully saturated rings. The summed E-state index contributed by atoms with van der Waals surface area (Å²) in [7, 11) is 6.77. The third-order valence-corrected chi connectivity index (χ3v) is 5.60. The fourth-order valence-electron chi connectivity index (χ4n) is 3.87. The molecule has 8 heteroatoms. The summed E-state index contributed by atoms with van der Waals surface area (Å²) in [5.74, 6) is 0.691. The molecule has 0 saturated carbocycles. The van der Waals surface area contributed by atoms with Crippen molar-refractivity contribution in [3.05, 3.63) is 58.5 Å². The summed E-state index contributed by atoms with van der Waals surface area (Å²) >= 11 is 0. The molecule has 31 heavy (non-hydrogen) atoms.